The van der Waals surface area contributed by atoms with Crippen LogP contribution in [0.4, 0.5) is 5.69 Å². The monoisotopic (exact) mass is 304 g/mol. The van der Waals surface area contributed by atoms with Gasteiger partial charge in [-0.2, -0.15) is 0 Å². The van der Waals surface area contributed by atoms with Gasteiger partial charge in [-0.05, 0) is 24.1 Å². The van der Waals surface area contributed by atoms with Gasteiger partial charge in [-0.3, -0.25) is 5.84 Å². The van der Waals surface area contributed by atoms with Crippen LogP contribution in [0.3, 0.4) is 0 Å². The van der Waals surface area contributed by atoms with E-state index in [1.165, 1.54) is 6.20 Å². The molecule has 1 aromatic carbocycles. The fourth-order valence-electron chi connectivity index (χ4n) is 2.36. The first kappa shape index (κ1) is 14.0. The maximum Gasteiger partial charge on any atom is 0.260 e. The van der Waals surface area contributed by atoms with Gasteiger partial charge in [0.05, 0.1) is 5.69 Å². The van der Waals surface area contributed by atoms with Gasteiger partial charge in [0.2, 0.25) is 0 Å². The van der Waals surface area contributed by atoms with Crippen molar-refractivity contribution >= 4 is 15.7 Å². The fourth-order valence-corrected chi connectivity index (χ4v) is 3.75. The maximum absolute atomic E-state index is 12.4. The van der Waals surface area contributed by atoms with Gasteiger partial charge in [-0.15, -0.1) is 0 Å². The van der Waals surface area contributed by atoms with Crippen molar-refractivity contribution < 1.29 is 8.42 Å². The van der Waals surface area contributed by atoms with Crippen molar-refractivity contribution in [2.45, 2.75) is 23.4 Å². The van der Waals surface area contributed by atoms with E-state index in [0.717, 1.165) is 12.0 Å². The molecule has 1 heterocycles. The van der Waals surface area contributed by atoms with Crippen LogP contribution in [0.2, 0.25) is 0 Å². The van der Waals surface area contributed by atoms with Crippen LogP contribution in [0, 0.1) is 0 Å². The largest absolute Gasteiger partial charge is 0.321 e. The summed E-state index contributed by atoms with van der Waals surface area (Å²) in [6, 6.07) is 13.0. The summed E-state index contributed by atoms with van der Waals surface area (Å²) in [4.78, 5) is 3.91. The lowest BCUT2D eigenvalue weighted by Crippen LogP contribution is -2.29. The molecule has 6 nitrogen and oxygen atoms in total. The number of nitrogens with one attached hydrogen (secondary N) is 2. The van der Waals surface area contributed by atoms with Crippen LogP contribution in [0.25, 0.3) is 0 Å². The van der Waals surface area contributed by atoms with E-state index in [4.69, 9.17) is 5.84 Å². The Morgan fingerprint density at radius 1 is 1.14 bits per heavy atom. The number of nitrogen functional groups attached to an aromatic ring is 1. The van der Waals surface area contributed by atoms with Gasteiger partial charge in [0, 0.05) is 18.2 Å². The Morgan fingerprint density at radius 3 is 2.62 bits per heavy atom. The van der Waals surface area contributed by atoms with Gasteiger partial charge in [-0.25, -0.2) is 18.1 Å². The smallest absolute Gasteiger partial charge is 0.260 e. The molecule has 1 aliphatic carbocycles. The summed E-state index contributed by atoms with van der Waals surface area (Å²) >= 11 is 0. The molecule has 110 valence electrons. The van der Waals surface area contributed by atoms with E-state index in [9.17, 15) is 8.42 Å². The number of nitrogens with zero attached hydrogens (tertiary/aromatic N) is 1. The van der Waals surface area contributed by atoms with Crippen LogP contribution in [-0.2, 0) is 10.0 Å². The molecule has 1 aromatic heterocycles. The van der Waals surface area contributed by atoms with E-state index in [0.29, 0.717) is 0 Å². The molecular formula is C14H16N4O2S. The maximum atomic E-state index is 12.4. The Morgan fingerprint density at radius 2 is 1.90 bits per heavy atom. The molecule has 0 bridgehead atoms. The van der Waals surface area contributed by atoms with Crippen LogP contribution in [0.5, 0.6) is 0 Å². The summed E-state index contributed by atoms with van der Waals surface area (Å²) in [7, 11) is -3.68. The predicted molar refractivity (Wildman–Crippen MR) is 80.0 cm³/mol. The van der Waals surface area contributed by atoms with Crippen molar-refractivity contribution in [3.63, 3.8) is 0 Å². The quantitative estimate of drug-likeness (QED) is 0.570. The van der Waals surface area contributed by atoms with E-state index in [1.54, 1.807) is 12.1 Å². The van der Waals surface area contributed by atoms with Gasteiger partial charge >= 0.3 is 0 Å². The van der Waals surface area contributed by atoms with Crippen molar-refractivity contribution in [1.29, 1.82) is 0 Å². The summed E-state index contributed by atoms with van der Waals surface area (Å²) in [5.41, 5.74) is 3.78. The summed E-state index contributed by atoms with van der Waals surface area (Å²) in [6.45, 7) is 0. The molecule has 0 spiro atoms. The minimum Gasteiger partial charge on any atom is -0.321 e. The molecule has 2 aromatic rings. The third-order valence-corrected chi connectivity index (χ3v) is 4.95. The van der Waals surface area contributed by atoms with Crippen molar-refractivity contribution in [1.82, 2.24) is 9.71 Å². The van der Waals surface area contributed by atoms with Gasteiger partial charge in [-0.1, -0.05) is 30.3 Å². The minimum absolute atomic E-state index is 0.0776. The molecule has 1 aliphatic rings. The highest BCUT2D eigenvalue weighted by Gasteiger charge is 2.41. The standard InChI is InChI=1S/C14H16N4O2S/c15-17-12-7-4-8-16-14(12)21(19,20)18-13-9-11(13)10-5-2-1-3-6-10/h1-8,11,13,17-18H,9,15H2. The van der Waals surface area contributed by atoms with Crippen LogP contribution < -0.4 is 16.0 Å². The Hall–Kier alpha value is -1.96. The molecule has 0 saturated heterocycles. The third kappa shape index (κ3) is 2.90. The minimum atomic E-state index is -3.68. The van der Waals surface area contributed by atoms with Gasteiger partial charge < -0.3 is 5.43 Å². The number of nitrogens with two attached hydrogens (primary N) is 1. The second-order valence-electron chi connectivity index (χ2n) is 4.98. The zero-order chi connectivity index (χ0) is 14.9. The molecule has 1 saturated carbocycles. The number of pyridine rings is 1. The highest BCUT2D eigenvalue weighted by atomic mass is 32.2. The van der Waals surface area contributed by atoms with Gasteiger partial charge in [0.25, 0.3) is 10.0 Å². The summed E-state index contributed by atoms with van der Waals surface area (Å²) in [6.07, 6.45) is 2.22. The van der Waals surface area contributed by atoms with Crippen LogP contribution >= 0.6 is 0 Å². The number of anilines is 1. The number of rotatable bonds is 5. The number of sulfonamides is 1. The number of hydrazine groups is 1. The molecule has 2 atom stereocenters. The topological polar surface area (TPSA) is 97.1 Å². The van der Waals surface area contributed by atoms with E-state index in [2.05, 4.69) is 15.1 Å². The van der Waals surface area contributed by atoms with Crippen molar-refractivity contribution in [3.05, 3.63) is 54.2 Å². The predicted octanol–water partition coefficient (Wildman–Crippen LogP) is 1.20. The normalized spacial score (nSPS) is 21.0. The molecular weight excluding hydrogens is 288 g/mol. The van der Waals surface area contributed by atoms with E-state index in [-0.39, 0.29) is 22.7 Å². The number of aromatic nitrogens is 1. The van der Waals surface area contributed by atoms with Gasteiger partial charge in [0.15, 0.2) is 5.03 Å². The summed E-state index contributed by atoms with van der Waals surface area (Å²) < 4.78 is 27.4. The van der Waals surface area contributed by atoms with Crippen LogP contribution in [0.1, 0.15) is 17.9 Å². The van der Waals surface area contributed by atoms with Crippen LogP contribution in [-0.4, -0.2) is 19.4 Å². The Balaban J connectivity index is 1.77. The first-order valence-electron chi connectivity index (χ1n) is 6.61. The van der Waals surface area contributed by atoms with E-state index in [1.807, 2.05) is 30.3 Å². The fraction of sp³-hybridized carbons (Fsp3) is 0.214. The average molecular weight is 304 g/mol. The van der Waals surface area contributed by atoms with E-state index >= 15 is 0 Å². The Kier molecular flexibility index (Phi) is 3.62. The first-order valence-corrected chi connectivity index (χ1v) is 8.09. The van der Waals surface area contributed by atoms with E-state index < -0.39 is 10.0 Å². The van der Waals surface area contributed by atoms with Crippen molar-refractivity contribution in [2.75, 3.05) is 5.43 Å². The molecule has 2 unspecified atom stereocenters. The molecule has 0 amide bonds. The lowest BCUT2D eigenvalue weighted by atomic mass is 10.1. The summed E-state index contributed by atoms with van der Waals surface area (Å²) in [5, 5.41) is -0.0776. The Labute approximate surface area is 123 Å². The molecule has 7 heteroatoms. The number of hydrogen-bond acceptors (Lipinski definition) is 5. The zero-order valence-corrected chi connectivity index (χ0v) is 12.0. The lowest BCUT2D eigenvalue weighted by molar-refractivity contribution is 0.576. The highest BCUT2D eigenvalue weighted by molar-refractivity contribution is 7.89. The molecule has 4 N–H and O–H groups in total. The number of benzene rings is 1. The molecule has 0 aliphatic heterocycles. The SMILES string of the molecule is NNc1cccnc1S(=O)(=O)NC1CC1c1ccccc1. The van der Waals surface area contributed by atoms with Crippen molar-refractivity contribution in [3.8, 4) is 0 Å². The summed E-state index contributed by atoms with van der Waals surface area (Å²) in [5.74, 6) is 5.55. The third-order valence-electron chi connectivity index (χ3n) is 3.51. The lowest BCUT2D eigenvalue weighted by Gasteiger charge is -2.09. The van der Waals surface area contributed by atoms with Gasteiger partial charge in [0.1, 0.15) is 0 Å². The molecule has 21 heavy (non-hydrogen) atoms. The molecule has 0 radical (unpaired) electrons. The number of hydrogen-bond donors (Lipinski definition) is 3. The van der Waals surface area contributed by atoms with Crippen molar-refractivity contribution in [2.24, 2.45) is 5.84 Å². The van der Waals surface area contributed by atoms with Crippen LogP contribution in [0.15, 0.2) is 53.7 Å². The first-order chi connectivity index (χ1) is 10.1. The Bertz CT molecular complexity index is 734. The zero-order valence-electron chi connectivity index (χ0n) is 11.2. The average Bonchev–Trinajstić information content (AvgIpc) is 3.26. The second kappa shape index (κ2) is 5.44. The second-order valence-corrected chi connectivity index (χ2v) is 6.61. The highest BCUT2D eigenvalue weighted by Crippen LogP contribution is 2.41. The molecule has 1 fully saturated rings. The molecule has 3 rings (SSSR count).